The first-order valence-electron chi connectivity index (χ1n) is 5.35. The Hall–Kier alpha value is -1.02. The fourth-order valence-corrected chi connectivity index (χ4v) is 2.12. The number of hydrogen-bond donors (Lipinski definition) is 1. The summed E-state index contributed by atoms with van der Waals surface area (Å²) in [6.07, 6.45) is 0. The van der Waals surface area contributed by atoms with Crippen molar-refractivity contribution in [2.75, 3.05) is 0 Å². The molecule has 0 aliphatic carbocycles. The second-order valence-electron chi connectivity index (χ2n) is 4.05. The molecule has 17 heavy (non-hydrogen) atoms. The summed E-state index contributed by atoms with van der Waals surface area (Å²) in [7, 11) is 0. The van der Waals surface area contributed by atoms with Crippen molar-refractivity contribution >= 4 is 23.2 Å². The Labute approximate surface area is 111 Å². The van der Waals surface area contributed by atoms with Gasteiger partial charge in [-0.15, -0.1) is 0 Å². The largest absolute Gasteiger partial charge is 0.320 e. The lowest BCUT2D eigenvalue weighted by Crippen LogP contribution is -2.12. The molecule has 2 rings (SSSR count). The van der Waals surface area contributed by atoms with Crippen LogP contribution in [0.25, 0.3) is 0 Å². The minimum absolute atomic E-state index is 0.248. The van der Waals surface area contributed by atoms with Crippen LogP contribution in [0.1, 0.15) is 22.7 Å². The molecule has 0 saturated carbocycles. The highest BCUT2D eigenvalue weighted by atomic mass is 35.5. The van der Waals surface area contributed by atoms with E-state index in [2.05, 4.69) is 0 Å². The Bertz CT molecular complexity index is 520. The summed E-state index contributed by atoms with van der Waals surface area (Å²) in [4.78, 5) is 0. The van der Waals surface area contributed by atoms with Gasteiger partial charge in [0.2, 0.25) is 0 Å². The molecule has 2 aromatic rings. The van der Waals surface area contributed by atoms with Gasteiger partial charge in [-0.3, -0.25) is 0 Å². The average Bonchev–Trinajstić information content (AvgIpc) is 2.32. The summed E-state index contributed by atoms with van der Waals surface area (Å²) >= 11 is 12.1. The van der Waals surface area contributed by atoms with E-state index in [0.29, 0.717) is 10.0 Å². The number of hydrogen-bond acceptors (Lipinski definition) is 1. The third kappa shape index (κ3) is 2.81. The van der Waals surface area contributed by atoms with E-state index < -0.39 is 0 Å². The molecule has 0 amide bonds. The minimum Gasteiger partial charge on any atom is -0.320 e. The Morgan fingerprint density at radius 2 is 1.65 bits per heavy atom. The first kappa shape index (κ1) is 12.4. The molecule has 0 bridgehead atoms. The highest BCUT2D eigenvalue weighted by Gasteiger charge is 2.12. The third-order valence-electron chi connectivity index (χ3n) is 2.73. The van der Waals surface area contributed by atoms with Crippen molar-refractivity contribution in [3.05, 3.63) is 69.2 Å². The van der Waals surface area contributed by atoms with Gasteiger partial charge in [0.1, 0.15) is 0 Å². The van der Waals surface area contributed by atoms with Gasteiger partial charge in [0.25, 0.3) is 0 Å². The van der Waals surface area contributed by atoms with Gasteiger partial charge in [-0.05, 0) is 36.2 Å². The lowest BCUT2D eigenvalue weighted by Gasteiger charge is -2.14. The highest BCUT2D eigenvalue weighted by molar-refractivity contribution is 6.33. The van der Waals surface area contributed by atoms with Gasteiger partial charge in [0.05, 0.1) is 6.04 Å². The van der Waals surface area contributed by atoms with Crippen LogP contribution in [0.3, 0.4) is 0 Å². The molecular weight excluding hydrogens is 253 g/mol. The highest BCUT2D eigenvalue weighted by Crippen LogP contribution is 2.29. The molecule has 1 unspecified atom stereocenters. The van der Waals surface area contributed by atoms with E-state index >= 15 is 0 Å². The molecule has 0 radical (unpaired) electrons. The Morgan fingerprint density at radius 3 is 2.29 bits per heavy atom. The molecule has 0 heterocycles. The molecule has 2 N–H and O–H groups in total. The molecule has 0 spiro atoms. The molecule has 2 aromatic carbocycles. The zero-order valence-corrected chi connectivity index (χ0v) is 11.0. The quantitative estimate of drug-likeness (QED) is 0.859. The standard InChI is InChI=1S/C14H13Cl2N/c1-9-2-4-10(5-3-9)14(17)12-8-11(15)6-7-13(12)16/h2-8,14H,17H2,1H3. The zero-order chi connectivity index (χ0) is 12.4. The van der Waals surface area contributed by atoms with Gasteiger partial charge >= 0.3 is 0 Å². The number of aryl methyl sites for hydroxylation is 1. The number of benzene rings is 2. The maximum atomic E-state index is 6.19. The molecule has 1 atom stereocenters. The predicted octanol–water partition coefficient (Wildman–Crippen LogP) is 4.35. The Kier molecular flexibility index (Phi) is 3.72. The van der Waals surface area contributed by atoms with Crippen molar-refractivity contribution in [2.45, 2.75) is 13.0 Å². The lowest BCUT2D eigenvalue weighted by molar-refractivity contribution is 0.871. The summed E-state index contributed by atoms with van der Waals surface area (Å²) in [6.45, 7) is 2.04. The van der Waals surface area contributed by atoms with Gasteiger partial charge in [0.15, 0.2) is 0 Å². The minimum atomic E-state index is -0.248. The van der Waals surface area contributed by atoms with Crippen LogP contribution in [-0.2, 0) is 0 Å². The van der Waals surface area contributed by atoms with Crippen LogP contribution in [0, 0.1) is 6.92 Å². The second kappa shape index (κ2) is 5.09. The van der Waals surface area contributed by atoms with Crippen LogP contribution in [0.4, 0.5) is 0 Å². The summed E-state index contributed by atoms with van der Waals surface area (Å²) in [5.41, 5.74) is 9.28. The van der Waals surface area contributed by atoms with Gasteiger partial charge in [-0.25, -0.2) is 0 Å². The maximum Gasteiger partial charge on any atom is 0.0566 e. The fourth-order valence-electron chi connectivity index (χ4n) is 1.71. The monoisotopic (exact) mass is 265 g/mol. The van der Waals surface area contributed by atoms with Crippen molar-refractivity contribution in [3.63, 3.8) is 0 Å². The summed E-state index contributed by atoms with van der Waals surface area (Å²) in [5.74, 6) is 0. The predicted molar refractivity (Wildman–Crippen MR) is 73.7 cm³/mol. The molecule has 0 fully saturated rings. The molecular formula is C14H13Cl2N. The lowest BCUT2D eigenvalue weighted by atomic mass is 9.99. The molecule has 0 aromatic heterocycles. The summed E-state index contributed by atoms with van der Waals surface area (Å²) in [5, 5.41) is 1.29. The van der Waals surface area contributed by atoms with Crippen LogP contribution in [-0.4, -0.2) is 0 Å². The third-order valence-corrected chi connectivity index (χ3v) is 3.31. The molecule has 3 heteroatoms. The van der Waals surface area contributed by atoms with Crippen LogP contribution >= 0.6 is 23.2 Å². The number of nitrogens with two attached hydrogens (primary N) is 1. The molecule has 88 valence electrons. The first-order chi connectivity index (χ1) is 8.08. The molecule has 0 saturated heterocycles. The fraction of sp³-hybridized carbons (Fsp3) is 0.143. The van der Waals surface area contributed by atoms with Gasteiger partial charge in [0, 0.05) is 10.0 Å². The normalized spacial score (nSPS) is 12.5. The number of rotatable bonds is 2. The van der Waals surface area contributed by atoms with Crippen molar-refractivity contribution in [3.8, 4) is 0 Å². The Morgan fingerprint density at radius 1 is 1.00 bits per heavy atom. The van der Waals surface area contributed by atoms with Gasteiger partial charge in [-0.1, -0.05) is 53.0 Å². The molecule has 1 nitrogen and oxygen atoms in total. The van der Waals surface area contributed by atoms with Crippen molar-refractivity contribution in [1.82, 2.24) is 0 Å². The van der Waals surface area contributed by atoms with E-state index in [9.17, 15) is 0 Å². The number of halogens is 2. The van der Waals surface area contributed by atoms with Crippen molar-refractivity contribution < 1.29 is 0 Å². The maximum absolute atomic E-state index is 6.19. The van der Waals surface area contributed by atoms with Crippen LogP contribution in [0.15, 0.2) is 42.5 Å². The molecule has 0 aliphatic heterocycles. The zero-order valence-electron chi connectivity index (χ0n) is 9.45. The van der Waals surface area contributed by atoms with Crippen LogP contribution in [0.5, 0.6) is 0 Å². The van der Waals surface area contributed by atoms with Gasteiger partial charge in [-0.2, -0.15) is 0 Å². The van der Waals surface area contributed by atoms with Gasteiger partial charge < -0.3 is 5.73 Å². The van der Waals surface area contributed by atoms with Crippen LogP contribution < -0.4 is 5.73 Å². The first-order valence-corrected chi connectivity index (χ1v) is 6.10. The van der Waals surface area contributed by atoms with E-state index in [1.165, 1.54) is 5.56 Å². The van der Waals surface area contributed by atoms with Crippen molar-refractivity contribution in [1.29, 1.82) is 0 Å². The smallest absolute Gasteiger partial charge is 0.0566 e. The van der Waals surface area contributed by atoms with Crippen LogP contribution in [0.2, 0.25) is 10.0 Å². The van der Waals surface area contributed by atoms with Crippen molar-refractivity contribution in [2.24, 2.45) is 5.73 Å². The molecule has 0 aliphatic rings. The summed E-state index contributed by atoms with van der Waals surface area (Å²) < 4.78 is 0. The summed E-state index contributed by atoms with van der Waals surface area (Å²) in [6, 6.07) is 13.2. The topological polar surface area (TPSA) is 26.0 Å². The van der Waals surface area contributed by atoms with E-state index in [1.54, 1.807) is 12.1 Å². The average molecular weight is 266 g/mol. The van der Waals surface area contributed by atoms with E-state index in [-0.39, 0.29) is 6.04 Å². The van der Waals surface area contributed by atoms with E-state index in [1.807, 2.05) is 37.3 Å². The Balaban J connectivity index is 2.39. The second-order valence-corrected chi connectivity index (χ2v) is 4.90. The van der Waals surface area contributed by atoms with E-state index in [4.69, 9.17) is 28.9 Å². The van der Waals surface area contributed by atoms with E-state index in [0.717, 1.165) is 11.1 Å². The SMILES string of the molecule is Cc1ccc(C(N)c2cc(Cl)ccc2Cl)cc1.